The van der Waals surface area contributed by atoms with Crippen LogP contribution < -0.4 is 16.0 Å². The van der Waals surface area contributed by atoms with E-state index in [0.717, 1.165) is 11.3 Å². The largest absolute Gasteiger partial charge is 0.387 e. The number of guanidine groups is 1. The number of carbonyl (C=O) groups is 1. The number of halogens is 3. The maximum Gasteiger partial charge on any atom is 0.221 e. The predicted octanol–water partition coefficient (Wildman–Crippen LogP) is 4.36. The molecule has 0 radical (unpaired) electrons. The van der Waals surface area contributed by atoms with E-state index in [9.17, 15) is 9.90 Å². The van der Waals surface area contributed by atoms with E-state index in [1.165, 1.54) is 6.92 Å². The molecule has 6 nitrogen and oxygen atoms in total. The van der Waals surface area contributed by atoms with Crippen LogP contribution in [-0.4, -0.2) is 30.1 Å². The van der Waals surface area contributed by atoms with Gasteiger partial charge >= 0.3 is 0 Å². The number of carbonyl (C=O) groups excluding carboxylic acids is 1. The fourth-order valence-corrected chi connectivity index (χ4v) is 3.08. The van der Waals surface area contributed by atoms with Crippen molar-refractivity contribution in [2.75, 3.05) is 18.4 Å². The quantitative estimate of drug-likeness (QED) is 0.234. The predicted molar refractivity (Wildman–Crippen MR) is 130 cm³/mol. The Morgan fingerprint density at radius 2 is 1.83 bits per heavy atom. The summed E-state index contributed by atoms with van der Waals surface area (Å²) in [4.78, 5) is 15.7. The maximum atomic E-state index is 11.2. The summed E-state index contributed by atoms with van der Waals surface area (Å²) in [5.41, 5.74) is 2.31. The highest BCUT2D eigenvalue weighted by Crippen LogP contribution is 2.23. The second-order valence-corrected chi connectivity index (χ2v) is 7.05. The lowest BCUT2D eigenvalue weighted by molar-refractivity contribution is -0.114. The van der Waals surface area contributed by atoms with Crippen molar-refractivity contribution in [3.63, 3.8) is 0 Å². The highest BCUT2D eigenvalue weighted by atomic mass is 127. The minimum Gasteiger partial charge on any atom is -0.387 e. The molecule has 1 atom stereocenters. The second kappa shape index (κ2) is 12.9. The van der Waals surface area contributed by atoms with Gasteiger partial charge in [-0.05, 0) is 48.4 Å². The summed E-state index contributed by atoms with van der Waals surface area (Å²) in [7, 11) is 0. The molecule has 0 aliphatic rings. The number of rotatable bonds is 7. The first-order valence-corrected chi connectivity index (χ1v) is 9.65. The van der Waals surface area contributed by atoms with E-state index in [4.69, 9.17) is 23.2 Å². The summed E-state index contributed by atoms with van der Waals surface area (Å²) in [5, 5.41) is 20.3. The molecule has 2 aromatic rings. The highest BCUT2D eigenvalue weighted by molar-refractivity contribution is 14.0. The Morgan fingerprint density at radius 3 is 2.45 bits per heavy atom. The lowest BCUT2D eigenvalue weighted by atomic mass is 10.1. The molecule has 0 aliphatic carbocycles. The minimum absolute atomic E-state index is 0. The fraction of sp³-hybridized carbons (Fsp3) is 0.300. The molecule has 0 aromatic heterocycles. The van der Waals surface area contributed by atoms with Gasteiger partial charge in [-0.1, -0.05) is 35.3 Å². The Balaban J connectivity index is 0.00000420. The van der Waals surface area contributed by atoms with Crippen molar-refractivity contribution in [3.05, 3.63) is 63.6 Å². The van der Waals surface area contributed by atoms with Crippen molar-refractivity contribution in [2.45, 2.75) is 26.5 Å². The lowest BCUT2D eigenvalue weighted by Gasteiger charge is -2.16. The highest BCUT2D eigenvalue weighted by Gasteiger charge is 2.10. The zero-order valence-electron chi connectivity index (χ0n) is 16.2. The molecule has 2 aromatic carbocycles. The number of hydrogen-bond acceptors (Lipinski definition) is 3. The van der Waals surface area contributed by atoms with Gasteiger partial charge in [0.1, 0.15) is 0 Å². The number of hydrogen-bond donors (Lipinski definition) is 4. The van der Waals surface area contributed by atoms with Gasteiger partial charge in [0.05, 0.1) is 12.6 Å². The first-order valence-electron chi connectivity index (χ1n) is 8.90. The molecule has 29 heavy (non-hydrogen) atoms. The van der Waals surface area contributed by atoms with Gasteiger partial charge in [-0.15, -0.1) is 24.0 Å². The standard InChI is InChI=1S/C20H24Cl2N4O2.HI/c1-3-23-20(24-11-14-5-4-6-18(7-14)26-13(2)27)25-12-19(28)15-8-16(21)10-17(22)9-15;/h4-10,19,28H,3,11-12H2,1-2H3,(H,26,27)(H2,23,24,25);1H. The molecule has 0 bridgehead atoms. The molecule has 2 rings (SSSR count). The first kappa shape index (κ1) is 25.5. The number of aliphatic hydroxyl groups is 1. The SMILES string of the molecule is CCNC(=NCc1cccc(NC(C)=O)c1)NCC(O)c1cc(Cl)cc(Cl)c1.I. The normalized spacial score (nSPS) is 12.0. The third-order valence-electron chi connectivity index (χ3n) is 3.74. The smallest absolute Gasteiger partial charge is 0.221 e. The summed E-state index contributed by atoms with van der Waals surface area (Å²) in [6.45, 7) is 4.77. The molecular formula is C20H25Cl2IN4O2. The van der Waals surface area contributed by atoms with Crippen LogP contribution in [0.4, 0.5) is 5.69 Å². The van der Waals surface area contributed by atoms with Gasteiger partial charge in [0.2, 0.25) is 5.91 Å². The van der Waals surface area contributed by atoms with Gasteiger partial charge in [0.15, 0.2) is 5.96 Å². The lowest BCUT2D eigenvalue weighted by Crippen LogP contribution is -2.39. The van der Waals surface area contributed by atoms with E-state index in [1.54, 1.807) is 18.2 Å². The summed E-state index contributed by atoms with van der Waals surface area (Å²) >= 11 is 12.0. The van der Waals surface area contributed by atoms with E-state index in [0.29, 0.717) is 34.7 Å². The van der Waals surface area contributed by atoms with Crippen molar-refractivity contribution < 1.29 is 9.90 Å². The zero-order chi connectivity index (χ0) is 20.5. The minimum atomic E-state index is -0.789. The number of aliphatic hydroxyl groups excluding tert-OH is 1. The van der Waals surface area contributed by atoms with Crippen LogP contribution in [0.3, 0.4) is 0 Å². The van der Waals surface area contributed by atoms with Crippen LogP contribution in [0.2, 0.25) is 10.0 Å². The van der Waals surface area contributed by atoms with Crippen LogP contribution in [0.25, 0.3) is 0 Å². The number of benzene rings is 2. The van der Waals surface area contributed by atoms with E-state index in [2.05, 4.69) is 20.9 Å². The van der Waals surface area contributed by atoms with Crippen LogP contribution in [0.15, 0.2) is 47.5 Å². The Hall–Kier alpha value is -1.55. The van der Waals surface area contributed by atoms with E-state index in [-0.39, 0.29) is 36.4 Å². The van der Waals surface area contributed by atoms with E-state index >= 15 is 0 Å². The Kier molecular flexibility index (Phi) is 11.3. The van der Waals surface area contributed by atoms with Crippen molar-refractivity contribution >= 4 is 64.7 Å². The van der Waals surface area contributed by atoms with Crippen molar-refractivity contribution in [2.24, 2.45) is 4.99 Å². The fourth-order valence-electron chi connectivity index (χ4n) is 2.54. The monoisotopic (exact) mass is 550 g/mol. The number of anilines is 1. The molecule has 0 spiro atoms. The third kappa shape index (κ3) is 9.20. The molecule has 0 heterocycles. The van der Waals surface area contributed by atoms with Crippen LogP contribution in [0.1, 0.15) is 31.1 Å². The van der Waals surface area contributed by atoms with Gasteiger partial charge in [-0.2, -0.15) is 0 Å². The van der Waals surface area contributed by atoms with Crippen LogP contribution in [0.5, 0.6) is 0 Å². The molecule has 1 amide bonds. The molecule has 4 N–H and O–H groups in total. The van der Waals surface area contributed by atoms with Gasteiger partial charge in [0, 0.05) is 35.7 Å². The molecule has 0 saturated carbocycles. The van der Waals surface area contributed by atoms with Gasteiger partial charge < -0.3 is 21.1 Å². The molecule has 9 heteroatoms. The molecular weight excluding hydrogens is 526 g/mol. The molecule has 0 saturated heterocycles. The molecule has 1 unspecified atom stereocenters. The maximum absolute atomic E-state index is 11.2. The van der Waals surface area contributed by atoms with Crippen molar-refractivity contribution in [1.29, 1.82) is 0 Å². The van der Waals surface area contributed by atoms with Gasteiger partial charge in [-0.3, -0.25) is 4.79 Å². The average Bonchev–Trinajstić information content (AvgIpc) is 2.62. The Morgan fingerprint density at radius 1 is 1.14 bits per heavy atom. The Labute approximate surface area is 198 Å². The average molecular weight is 551 g/mol. The topological polar surface area (TPSA) is 85.8 Å². The zero-order valence-corrected chi connectivity index (χ0v) is 20.0. The first-order chi connectivity index (χ1) is 13.4. The van der Waals surface area contributed by atoms with Crippen molar-refractivity contribution in [1.82, 2.24) is 10.6 Å². The van der Waals surface area contributed by atoms with E-state index < -0.39 is 6.10 Å². The number of nitrogens with zero attached hydrogens (tertiary/aromatic N) is 1. The summed E-state index contributed by atoms with van der Waals surface area (Å²) in [6.07, 6.45) is -0.789. The summed E-state index contributed by atoms with van der Waals surface area (Å²) < 4.78 is 0. The Bertz CT molecular complexity index is 829. The van der Waals surface area contributed by atoms with Crippen LogP contribution in [-0.2, 0) is 11.3 Å². The second-order valence-electron chi connectivity index (χ2n) is 6.18. The number of amides is 1. The van der Waals surface area contributed by atoms with E-state index in [1.807, 2.05) is 31.2 Å². The van der Waals surface area contributed by atoms with Crippen molar-refractivity contribution in [3.8, 4) is 0 Å². The molecule has 158 valence electrons. The summed E-state index contributed by atoms with van der Waals surface area (Å²) in [6, 6.07) is 12.5. The summed E-state index contributed by atoms with van der Waals surface area (Å²) in [5.74, 6) is 0.449. The third-order valence-corrected chi connectivity index (χ3v) is 4.18. The molecule has 0 fully saturated rings. The number of nitrogens with one attached hydrogen (secondary N) is 3. The van der Waals surface area contributed by atoms with Gasteiger partial charge in [0.25, 0.3) is 0 Å². The van der Waals surface area contributed by atoms with Crippen LogP contribution in [0, 0.1) is 0 Å². The molecule has 0 aliphatic heterocycles. The number of aliphatic imine (C=N–C) groups is 1. The van der Waals surface area contributed by atoms with Crippen LogP contribution >= 0.6 is 47.2 Å². The van der Waals surface area contributed by atoms with Gasteiger partial charge in [-0.25, -0.2) is 4.99 Å².